The highest BCUT2D eigenvalue weighted by Gasteiger charge is 2.24. The van der Waals surface area contributed by atoms with Crippen LogP contribution >= 0.6 is 11.6 Å². The monoisotopic (exact) mass is 488 g/mol. The van der Waals surface area contributed by atoms with Crippen molar-refractivity contribution in [2.24, 2.45) is 0 Å². The maximum absolute atomic E-state index is 12.9. The second-order valence-electron chi connectivity index (χ2n) is 7.46. The predicted octanol–water partition coefficient (Wildman–Crippen LogP) is 4.34. The van der Waals surface area contributed by atoms with Crippen molar-refractivity contribution in [1.29, 1.82) is 0 Å². The van der Waals surface area contributed by atoms with Gasteiger partial charge in [0.1, 0.15) is 0 Å². The normalized spacial score (nSPS) is 13.3. The predicted molar refractivity (Wildman–Crippen MR) is 126 cm³/mol. The summed E-state index contributed by atoms with van der Waals surface area (Å²) in [5.74, 6) is -0.343. The van der Waals surface area contributed by atoms with E-state index < -0.39 is 19.9 Å². The summed E-state index contributed by atoms with van der Waals surface area (Å²) in [6.07, 6.45) is 2.94. The van der Waals surface area contributed by atoms with Crippen molar-refractivity contribution in [3.05, 3.63) is 95.1 Å². The second kappa shape index (κ2) is 8.71. The first-order valence-corrected chi connectivity index (χ1v) is 13.5. The van der Waals surface area contributed by atoms with Crippen molar-refractivity contribution in [2.45, 2.75) is 15.7 Å². The molecule has 4 aromatic rings. The number of rotatable bonds is 7. The molecule has 0 amide bonds. The lowest BCUT2D eigenvalue weighted by Gasteiger charge is -2.19. The molecule has 32 heavy (non-hydrogen) atoms. The number of hydrogen-bond donors (Lipinski definition) is 2. The highest BCUT2D eigenvalue weighted by Crippen LogP contribution is 2.34. The molecular weight excluding hydrogens is 468 g/mol. The highest BCUT2D eigenvalue weighted by atomic mass is 35.5. The number of aromatic amines is 1. The molecule has 0 saturated heterocycles. The SMILES string of the molecule is CS(=O)(=O)c1ccc(S(=O)(=O)NCC(c2ccccc2Cl)c2c[nH]c3ccccc23)cc1. The maximum Gasteiger partial charge on any atom is 0.240 e. The van der Waals surface area contributed by atoms with Crippen LogP contribution in [0.5, 0.6) is 0 Å². The number of halogens is 1. The van der Waals surface area contributed by atoms with Crippen LogP contribution in [0.15, 0.2) is 88.8 Å². The minimum absolute atomic E-state index is 0.0123. The van der Waals surface area contributed by atoms with Gasteiger partial charge < -0.3 is 4.98 Å². The second-order valence-corrected chi connectivity index (χ2v) is 11.6. The Morgan fingerprint density at radius 3 is 2.16 bits per heavy atom. The third-order valence-electron chi connectivity index (χ3n) is 5.32. The summed E-state index contributed by atoms with van der Waals surface area (Å²) >= 11 is 6.47. The molecular formula is C23H21ClN2O4S2. The number of H-pyrrole nitrogens is 1. The smallest absolute Gasteiger partial charge is 0.240 e. The van der Waals surface area contributed by atoms with Crippen molar-refractivity contribution in [2.75, 3.05) is 12.8 Å². The molecule has 1 aromatic heterocycles. The third kappa shape index (κ3) is 4.59. The number of benzene rings is 3. The molecule has 1 unspecified atom stereocenters. The van der Waals surface area contributed by atoms with E-state index in [1.807, 2.05) is 48.7 Å². The topological polar surface area (TPSA) is 96.1 Å². The van der Waals surface area contributed by atoms with E-state index >= 15 is 0 Å². The molecule has 0 aliphatic heterocycles. The molecule has 6 nitrogen and oxygen atoms in total. The molecule has 0 fully saturated rings. The van der Waals surface area contributed by atoms with Crippen LogP contribution in [0.3, 0.4) is 0 Å². The molecule has 0 radical (unpaired) electrons. The Bertz CT molecular complexity index is 1480. The number of fused-ring (bicyclic) bond motifs is 1. The fourth-order valence-corrected chi connectivity index (χ4v) is 5.61. The first kappa shape index (κ1) is 22.5. The Morgan fingerprint density at radius 1 is 0.844 bits per heavy atom. The van der Waals surface area contributed by atoms with Gasteiger partial charge in [-0.05, 0) is 47.5 Å². The number of hydrogen-bond acceptors (Lipinski definition) is 4. The average molecular weight is 489 g/mol. The van der Waals surface area contributed by atoms with Gasteiger partial charge in [-0.3, -0.25) is 0 Å². The van der Waals surface area contributed by atoms with E-state index in [4.69, 9.17) is 11.6 Å². The van der Waals surface area contributed by atoms with E-state index in [0.29, 0.717) is 5.02 Å². The van der Waals surface area contributed by atoms with Crippen LogP contribution in [0.1, 0.15) is 17.0 Å². The Morgan fingerprint density at radius 2 is 1.47 bits per heavy atom. The van der Waals surface area contributed by atoms with E-state index in [1.165, 1.54) is 24.3 Å². The molecule has 0 saturated carbocycles. The average Bonchev–Trinajstić information content (AvgIpc) is 3.19. The summed E-state index contributed by atoms with van der Waals surface area (Å²) in [5, 5.41) is 1.52. The van der Waals surface area contributed by atoms with E-state index in [2.05, 4.69) is 9.71 Å². The van der Waals surface area contributed by atoms with Crippen LogP contribution in [0, 0.1) is 0 Å². The number of aromatic nitrogens is 1. The highest BCUT2D eigenvalue weighted by molar-refractivity contribution is 7.90. The molecule has 9 heteroatoms. The van der Waals surface area contributed by atoms with E-state index in [1.54, 1.807) is 6.07 Å². The lowest BCUT2D eigenvalue weighted by atomic mass is 9.91. The van der Waals surface area contributed by atoms with E-state index in [-0.39, 0.29) is 22.3 Å². The van der Waals surface area contributed by atoms with Crippen molar-refractivity contribution in [3.8, 4) is 0 Å². The largest absolute Gasteiger partial charge is 0.361 e. The third-order valence-corrected chi connectivity index (χ3v) is 8.23. The van der Waals surface area contributed by atoms with Crippen molar-refractivity contribution in [1.82, 2.24) is 9.71 Å². The number of nitrogens with one attached hydrogen (secondary N) is 2. The summed E-state index contributed by atoms with van der Waals surface area (Å²) in [4.78, 5) is 3.28. The lowest BCUT2D eigenvalue weighted by molar-refractivity contribution is 0.577. The zero-order valence-corrected chi connectivity index (χ0v) is 19.5. The van der Waals surface area contributed by atoms with E-state index in [0.717, 1.165) is 28.3 Å². The maximum atomic E-state index is 12.9. The molecule has 0 aliphatic rings. The van der Waals surface area contributed by atoms with Gasteiger partial charge in [-0.2, -0.15) is 0 Å². The van der Waals surface area contributed by atoms with Crippen molar-refractivity contribution >= 4 is 42.4 Å². The summed E-state index contributed by atoms with van der Waals surface area (Å²) in [6, 6.07) is 20.3. The van der Waals surface area contributed by atoms with Crippen LogP contribution in [0.25, 0.3) is 10.9 Å². The summed E-state index contributed by atoms with van der Waals surface area (Å²) in [6.45, 7) is 0.0712. The number of sulfone groups is 1. The van der Waals surface area contributed by atoms with Crippen LogP contribution in [0.2, 0.25) is 5.02 Å². The lowest BCUT2D eigenvalue weighted by Crippen LogP contribution is -2.29. The summed E-state index contributed by atoms with van der Waals surface area (Å²) < 4.78 is 51.9. The summed E-state index contributed by atoms with van der Waals surface area (Å²) in [5.41, 5.74) is 2.66. The molecule has 1 heterocycles. The van der Waals surface area contributed by atoms with Crippen LogP contribution < -0.4 is 4.72 Å². The van der Waals surface area contributed by atoms with Crippen LogP contribution in [-0.2, 0) is 19.9 Å². The Hall–Kier alpha value is -2.65. The molecule has 2 N–H and O–H groups in total. The number of para-hydroxylation sites is 1. The Kier molecular flexibility index (Phi) is 6.13. The molecule has 0 aliphatic carbocycles. The molecule has 1 atom stereocenters. The first-order valence-electron chi connectivity index (χ1n) is 9.77. The van der Waals surface area contributed by atoms with Gasteiger partial charge in [0.05, 0.1) is 9.79 Å². The zero-order valence-electron chi connectivity index (χ0n) is 17.1. The fraction of sp³-hybridized carbons (Fsp3) is 0.130. The quantitative estimate of drug-likeness (QED) is 0.404. The summed E-state index contributed by atoms with van der Waals surface area (Å²) in [7, 11) is -7.30. The molecule has 0 spiro atoms. The van der Waals surface area contributed by atoms with Gasteiger partial charge in [0.15, 0.2) is 9.84 Å². The Labute approximate surface area is 192 Å². The van der Waals surface area contributed by atoms with Crippen LogP contribution in [0.4, 0.5) is 0 Å². The molecule has 166 valence electrons. The standard InChI is InChI=1S/C23H21ClN2O4S2/c1-31(27,28)16-10-12-17(13-11-16)32(29,30)26-15-21(18-6-2-4-8-22(18)24)20-14-25-23-9-5-3-7-19(20)23/h2-14,21,25-26H,15H2,1H3. The van der Waals surface area contributed by atoms with Gasteiger partial charge in [-0.1, -0.05) is 48.0 Å². The van der Waals surface area contributed by atoms with Crippen molar-refractivity contribution in [3.63, 3.8) is 0 Å². The fourth-order valence-electron chi connectivity index (χ4n) is 3.67. The molecule has 0 bridgehead atoms. The van der Waals surface area contributed by atoms with Gasteiger partial charge >= 0.3 is 0 Å². The first-order chi connectivity index (χ1) is 15.2. The molecule has 3 aromatic carbocycles. The van der Waals surface area contributed by atoms with Crippen molar-refractivity contribution < 1.29 is 16.8 Å². The number of sulfonamides is 1. The minimum Gasteiger partial charge on any atom is -0.361 e. The van der Waals surface area contributed by atoms with Crippen LogP contribution in [-0.4, -0.2) is 34.6 Å². The molecule has 4 rings (SSSR count). The van der Waals surface area contributed by atoms with Gasteiger partial charge in [-0.25, -0.2) is 21.6 Å². The van der Waals surface area contributed by atoms with Gasteiger partial charge in [0, 0.05) is 40.8 Å². The van der Waals surface area contributed by atoms with E-state index in [9.17, 15) is 16.8 Å². The minimum atomic E-state index is -3.88. The van der Waals surface area contributed by atoms with Gasteiger partial charge in [0.25, 0.3) is 0 Å². The van der Waals surface area contributed by atoms with Gasteiger partial charge in [-0.15, -0.1) is 0 Å². The zero-order chi connectivity index (χ0) is 22.9. The Balaban J connectivity index is 1.68. The van der Waals surface area contributed by atoms with Gasteiger partial charge in [0.2, 0.25) is 10.0 Å².